The van der Waals surface area contributed by atoms with Crippen LogP contribution in [0.5, 0.6) is 5.75 Å². The molecule has 0 spiro atoms. The summed E-state index contributed by atoms with van der Waals surface area (Å²) in [5, 5.41) is 11.2. The van der Waals surface area contributed by atoms with Gasteiger partial charge in [0.2, 0.25) is 11.8 Å². The number of H-pyrrole nitrogens is 1. The van der Waals surface area contributed by atoms with E-state index < -0.39 is 5.91 Å². The molecule has 102 valence electrons. The molecule has 0 saturated carbocycles. The fourth-order valence-electron chi connectivity index (χ4n) is 1.73. The average molecular weight is 274 g/mol. The molecule has 5 N–H and O–H groups in total. The molecular formula is C11H10N6O3. The Hall–Kier alpha value is -3.10. The number of carbonyl (C=O) groups is 2. The van der Waals surface area contributed by atoms with Gasteiger partial charge in [-0.2, -0.15) is 4.98 Å². The lowest BCUT2D eigenvalue weighted by Gasteiger charge is -2.18. The molecule has 0 unspecified atom stereocenters. The third kappa shape index (κ3) is 2.23. The molecule has 0 atom stereocenters. The Balaban J connectivity index is 1.80. The number of amides is 2. The van der Waals surface area contributed by atoms with E-state index in [9.17, 15) is 9.59 Å². The molecule has 0 aliphatic carbocycles. The van der Waals surface area contributed by atoms with Crippen molar-refractivity contribution in [3.63, 3.8) is 0 Å². The number of hydrogen-bond acceptors (Lipinski definition) is 6. The predicted molar refractivity (Wildman–Crippen MR) is 69.3 cm³/mol. The largest absolute Gasteiger partial charge is 0.482 e. The van der Waals surface area contributed by atoms with Crippen LogP contribution in [-0.4, -0.2) is 33.6 Å². The number of carbonyl (C=O) groups excluding carboxylic acids is 2. The van der Waals surface area contributed by atoms with Crippen molar-refractivity contribution in [2.45, 2.75) is 0 Å². The van der Waals surface area contributed by atoms with Crippen LogP contribution in [0.1, 0.15) is 10.6 Å². The van der Waals surface area contributed by atoms with Gasteiger partial charge in [0, 0.05) is 5.69 Å². The number of aromatic nitrogens is 3. The summed E-state index contributed by atoms with van der Waals surface area (Å²) in [4.78, 5) is 26.8. The summed E-state index contributed by atoms with van der Waals surface area (Å²) in [5.74, 6) is -0.200. The maximum Gasteiger partial charge on any atom is 0.293 e. The summed E-state index contributed by atoms with van der Waals surface area (Å²) in [5.41, 5.74) is 6.30. The molecule has 2 aromatic rings. The maximum atomic E-state index is 11.8. The van der Waals surface area contributed by atoms with E-state index >= 15 is 0 Å². The van der Waals surface area contributed by atoms with Crippen LogP contribution in [0, 0.1) is 0 Å². The van der Waals surface area contributed by atoms with E-state index in [0.717, 1.165) is 0 Å². The van der Waals surface area contributed by atoms with Gasteiger partial charge in [-0.25, -0.2) is 0 Å². The van der Waals surface area contributed by atoms with E-state index in [1.807, 2.05) is 0 Å². The van der Waals surface area contributed by atoms with Crippen LogP contribution in [0.2, 0.25) is 0 Å². The molecule has 0 fully saturated rings. The number of rotatable bonds is 2. The molecule has 3 rings (SSSR count). The van der Waals surface area contributed by atoms with E-state index in [2.05, 4.69) is 25.8 Å². The first-order valence-corrected chi connectivity index (χ1v) is 5.68. The normalized spacial score (nSPS) is 13.1. The van der Waals surface area contributed by atoms with Crippen LogP contribution >= 0.6 is 0 Å². The van der Waals surface area contributed by atoms with Gasteiger partial charge in [0.1, 0.15) is 5.75 Å². The highest BCUT2D eigenvalue weighted by molar-refractivity contribution is 6.03. The van der Waals surface area contributed by atoms with Crippen LogP contribution < -0.4 is 21.1 Å². The monoisotopic (exact) mass is 274 g/mol. The van der Waals surface area contributed by atoms with Gasteiger partial charge in [-0.15, -0.1) is 5.10 Å². The van der Waals surface area contributed by atoms with Crippen LogP contribution in [-0.2, 0) is 4.79 Å². The van der Waals surface area contributed by atoms with Gasteiger partial charge in [-0.3, -0.25) is 14.7 Å². The highest BCUT2D eigenvalue weighted by atomic mass is 16.5. The molecule has 0 bridgehead atoms. The molecule has 20 heavy (non-hydrogen) atoms. The molecular weight excluding hydrogens is 264 g/mol. The van der Waals surface area contributed by atoms with E-state index in [1.54, 1.807) is 18.2 Å². The Bertz CT molecular complexity index is 695. The number of ether oxygens (including phenoxy) is 1. The predicted octanol–water partition coefficient (Wildman–Crippen LogP) is -0.0299. The molecule has 0 radical (unpaired) electrons. The highest BCUT2D eigenvalue weighted by Gasteiger charge is 2.17. The Morgan fingerprint density at radius 1 is 1.45 bits per heavy atom. The molecule has 2 heterocycles. The highest BCUT2D eigenvalue weighted by Crippen LogP contribution is 2.30. The molecule has 9 nitrogen and oxygen atoms in total. The minimum absolute atomic E-state index is 0.000469. The molecule has 1 aromatic carbocycles. The summed E-state index contributed by atoms with van der Waals surface area (Å²) in [6.07, 6.45) is 0. The fraction of sp³-hybridized carbons (Fsp3) is 0.0909. The summed E-state index contributed by atoms with van der Waals surface area (Å²) < 4.78 is 5.21. The number of fused-ring (bicyclic) bond motifs is 1. The van der Waals surface area contributed by atoms with Crippen molar-refractivity contribution in [1.82, 2.24) is 15.2 Å². The summed E-state index contributed by atoms with van der Waals surface area (Å²) in [6.45, 7) is -0.0178. The van der Waals surface area contributed by atoms with E-state index in [1.165, 1.54) is 0 Å². The first-order chi connectivity index (χ1) is 9.61. The van der Waals surface area contributed by atoms with Gasteiger partial charge in [0.05, 0.1) is 5.69 Å². The number of nitrogens with one attached hydrogen (secondary N) is 3. The number of nitrogens with zero attached hydrogens (tertiary/aromatic N) is 2. The third-order valence-electron chi connectivity index (χ3n) is 2.59. The zero-order chi connectivity index (χ0) is 14.1. The van der Waals surface area contributed by atoms with Crippen molar-refractivity contribution in [3.05, 3.63) is 24.0 Å². The Morgan fingerprint density at radius 2 is 2.30 bits per heavy atom. The lowest BCUT2D eigenvalue weighted by molar-refractivity contribution is -0.118. The average Bonchev–Trinajstić information content (AvgIpc) is 2.85. The number of nitrogen functional groups attached to an aromatic ring is 1. The fourth-order valence-corrected chi connectivity index (χ4v) is 1.73. The van der Waals surface area contributed by atoms with Crippen LogP contribution in [0.3, 0.4) is 0 Å². The third-order valence-corrected chi connectivity index (χ3v) is 2.59. The second-order valence-electron chi connectivity index (χ2n) is 4.04. The van der Waals surface area contributed by atoms with Crippen molar-refractivity contribution >= 4 is 29.1 Å². The van der Waals surface area contributed by atoms with Crippen molar-refractivity contribution < 1.29 is 14.3 Å². The first kappa shape index (κ1) is 12.0. The maximum absolute atomic E-state index is 11.8. The summed E-state index contributed by atoms with van der Waals surface area (Å²) in [6, 6.07) is 4.89. The Morgan fingerprint density at radius 3 is 3.05 bits per heavy atom. The lowest BCUT2D eigenvalue weighted by Crippen LogP contribution is -2.25. The van der Waals surface area contributed by atoms with Gasteiger partial charge >= 0.3 is 0 Å². The topological polar surface area (TPSA) is 135 Å². The number of benzene rings is 1. The van der Waals surface area contributed by atoms with Gasteiger partial charge in [-0.05, 0) is 18.2 Å². The summed E-state index contributed by atoms with van der Waals surface area (Å²) >= 11 is 0. The minimum Gasteiger partial charge on any atom is -0.482 e. The van der Waals surface area contributed by atoms with Crippen LogP contribution in [0.25, 0.3) is 0 Å². The zero-order valence-electron chi connectivity index (χ0n) is 10.1. The van der Waals surface area contributed by atoms with Crippen molar-refractivity contribution in [3.8, 4) is 5.75 Å². The van der Waals surface area contributed by atoms with Gasteiger partial charge < -0.3 is 21.1 Å². The quantitative estimate of drug-likeness (QED) is 0.607. The van der Waals surface area contributed by atoms with E-state index in [-0.39, 0.29) is 24.3 Å². The van der Waals surface area contributed by atoms with Crippen LogP contribution in [0.4, 0.5) is 17.3 Å². The lowest BCUT2D eigenvalue weighted by atomic mass is 10.2. The van der Waals surface area contributed by atoms with Gasteiger partial charge in [0.25, 0.3) is 11.8 Å². The molecule has 0 saturated heterocycles. The van der Waals surface area contributed by atoms with E-state index in [0.29, 0.717) is 17.1 Å². The number of aromatic amines is 1. The Labute approximate surface area is 112 Å². The summed E-state index contributed by atoms with van der Waals surface area (Å²) in [7, 11) is 0. The smallest absolute Gasteiger partial charge is 0.293 e. The van der Waals surface area contributed by atoms with E-state index in [4.69, 9.17) is 10.5 Å². The molecule has 1 aliphatic rings. The zero-order valence-corrected chi connectivity index (χ0v) is 10.1. The van der Waals surface area contributed by atoms with Crippen molar-refractivity contribution in [1.29, 1.82) is 0 Å². The number of anilines is 3. The number of nitrogens with two attached hydrogens (primary N) is 1. The molecule has 1 aromatic heterocycles. The number of hydrogen-bond donors (Lipinski definition) is 4. The van der Waals surface area contributed by atoms with Gasteiger partial charge in [0.15, 0.2) is 6.61 Å². The Kier molecular flexibility index (Phi) is 2.71. The SMILES string of the molecule is Nc1n[nH]c(C(=O)Nc2ccc3c(c2)NC(=O)CO3)n1. The molecule has 1 aliphatic heterocycles. The first-order valence-electron chi connectivity index (χ1n) is 5.68. The van der Waals surface area contributed by atoms with Gasteiger partial charge in [-0.1, -0.05) is 0 Å². The van der Waals surface area contributed by atoms with Crippen molar-refractivity contribution in [2.24, 2.45) is 0 Å². The second kappa shape index (κ2) is 4.53. The van der Waals surface area contributed by atoms with Crippen molar-refractivity contribution in [2.75, 3.05) is 23.0 Å². The molecule has 2 amide bonds. The molecule has 9 heteroatoms. The minimum atomic E-state index is -0.489. The standard InChI is InChI=1S/C11H10N6O3/c12-11-15-9(16-17-11)10(19)13-5-1-2-7-6(3-5)14-8(18)4-20-7/h1-3H,4H2,(H,13,19)(H,14,18)(H3,12,15,16,17). The van der Waals surface area contributed by atoms with Crippen LogP contribution in [0.15, 0.2) is 18.2 Å². The second-order valence-corrected chi connectivity index (χ2v) is 4.04.